The zero-order valence-corrected chi connectivity index (χ0v) is 17.7. The molecule has 1 aromatic carbocycles. The van der Waals surface area contributed by atoms with Crippen LogP contribution in [-0.4, -0.2) is 75.8 Å². The molecule has 1 aliphatic rings. The Kier molecular flexibility index (Phi) is 5.50. The lowest BCUT2D eigenvalue weighted by molar-refractivity contribution is 0.0390. The number of hydrogen-bond donors (Lipinski definition) is 0. The molecule has 4 rings (SSSR count). The summed E-state index contributed by atoms with van der Waals surface area (Å²) < 4.78 is 6.82. The highest BCUT2D eigenvalue weighted by Crippen LogP contribution is 2.25. The van der Waals surface area contributed by atoms with E-state index in [1.54, 1.807) is 24.1 Å². The molecule has 0 bridgehead atoms. The lowest BCUT2D eigenvalue weighted by atomic mass is 10.0. The van der Waals surface area contributed by atoms with Crippen LogP contribution in [0.1, 0.15) is 22.6 Å². The molecule has 1 saturated heterocycles. The number of methoxy groups -OCH3 is 1. The van der Waals surface area contributed by atoms with Crippen molar-refractivity contribution >= 4 is 5.91 Å². The average Bonchev–Trinajstić information content (AvgIpc) is 3.17. The molecular weight excluding hydrogens is 380 g/mol. The summed E-state index contributed by atoms with van der Waals surface area (Å²) >= 11 is 0. The van der Waals surface area contributed by atoms with Crippen molar-refractivity contribution in [2.24, 2.45) is 0 Å². The second-order valence-corrected chi connectivity index (χ2v) is 7.80. The Morgan fingerprint density at radius 1 is 1.20 bits per heavy atom. The van der Waals surface area contributed by atoms with Gasteiger partial charge in [-0.3, -0.25) is 4.79 Å². The molecule has 8 heteroatoms. The van der Waals surface area contributed by atoms with Gasteiger partial charge < -0.3 is 14.5 Å². The summed E-state index contributed by atoms with van der Waals surface area (Å²) in [5.74, 6) is 1.18. The van der Waals surface area contributed by atoms with Gasteiger partial charge in [0.05, 0.1) is 19.0 Å². The van der Waals surface area contributed by atoms with Gasteiger partial charge in [0, 0.05) is 30.8 Å². The molecular formula is C22H26N6O2. The van der Waals surface area contributed by atoms with Crippen molar-refractivity contribution in [2.45, 2.75) is 19.4 Å². The van der Waals surface area contributed by atoms with Gasteiger partial charge in [0.1, 0.15) is 0 Å². The zero-order valence-electron chi connectivity index (χ0n) is 17.7. The van der Waals surface area contributed by atoms with Crippen LogP contribution in [0.4, 0.5) is 0 Å². The number of pyridine rings is 1. The number of ether oxygens (including phenoxy) is 1. The summed E-state index contributed by atoms with van der Waals surface area (Å²) in [6, 6.07) is 11.8. The molecule has 3 heterocycles. The summed E-state index contributed by atoms with van der Waals surface area (Å²) in [6.45, 7) is 3.60. The molecule has 156 valence electrons. The van der Waals surface area contributed by atoms with Crippen LogP contribution in [0, 0.1) is 6.92 Å². The minimum absolute atomic E-state index is 0.137. The van der Waals surface area contributed by atoms with Crippen molar-refractivity contribution in [1.82, 2.24) is 29.5 Å². The van der Waals surface area contributed by atoms with Crippen molar-refractivity contribution in [3.63, 3.8) is 0 Å². The molecule has 30 heavy (non-hydrogen) atoms. The largest absolute Gasteiger partial charge is 0.481 e. The number of likely N-dealkylation sites (N-methyl/N-ethyl adjacent to an activating group) is 1. The van der Waals surface area contributed by atoms with E-state index in [1.165, 1.54) is 0 Å². The van der Waals surface area contributed by atoms with E-state index in [9.17, 15) is 4.79 Å². The molecule has 0 radical (unpaired) electrons. The first-order valence-electron chi connectivity index (χ1n) is 9.96. The van der Waals surface area contributed by atoms with E-state index in [4.69, 9.17) is 4.74 Å². The summed E-state index contributed by atoms with van der Waals surface area (Å²) in [4.78, 5) is 26.0. The number of rotatable bonds is 6. The summed E-state index contributed by atoms with van der Waals surface area (Å²) in [5.41, 5.74) is 2.75. The van der Waals surface area contributed by atoms with Gasteiger partial charge in [-0.15, -0.1) is 5.10 Å². The fourth-order valence-electron chi connectivity index (χ4n) is 3.54. The number of carbonyl (C=O) groups excluding carboxylic acids is 1. The van der Waals surface area contributed by atoms with Crippen LogP contribution >= 0.6 is 0 Å². The van der Waals surface area contributed by atoms with Crippen molar-refractivity contribution in [2.75, 3.05) is 34.3 Å². The second kappa shape index (κ2) is 8.23. The first-order chi connectivity index (χ1) is 14.5. The molecule has 1 atom stereocenters. The number of hydrogen-bond acceptors (Lipinski definition) is 6. The highest BCUT2D eigenvalue weighted by molar-refractivity contribution is 5.92. The molecule has 0 spiro atoms. The van der Waals surface area contributed by atoms with Gasteiger partial charge in [0.15, 0.2) is 5.82 Å². The van der Waals surface area contributed by atoms with Crippen molar-refractivity contribution in [3.05, 3.63) is 54.0 Å². The number of amides is 1. The van der Waals surface area contributed by atoms with Gasteiger partial charge in [0.2, 0.25) is 11.7 Å². The van der Waals surface area contributed by atoms with Crippen molar-refractivity contribution in [1.29, 1.82) is 0 Å². The smallest absolute Gasteiger partial charge is 0.293 e. The fraction of sp³-hybridized carbons (Fsp3) is 0.364. The Balaban J connectivity index is 1.72. The third-order valence-electron chi connectivity index (χ3n) is 5.26. The highest BCUT2D eigenvalue weighted by atomic mass is 16.5. The van der Waals surface area contributed by atoms with Gasteiger partial charge in [-0.2, -0.15) is 0 Å². The first kappa shape index (κ1) is 20.0. The molecule has 1 amide bonds. The van der Waals surface area contributed by atoms with E-state index >= 15 is 0 Å². The Hall–Kier alpha value is -3.26. The van der Waals surface area contributed by atoms with E-state index in [-0.39, 0.29) is 17.8 Å². The molecule has 2 aromatic heterocycles. The number of carbonyl (C=O) groups is 1. The van der Waals surface area contributed by atoms with Crippen LogP contribution in [0.25, 0.3) is 17.1 Å². The minimum atomic E-state index is -0.137. The topological polar surface area (TPSA) is 76.4 Å². The maximum Gasteiger partial charge on any atom is 0.293 e. The Labute approximate surface area is 176 Å². The number of likely N-dealkylation sites (tertiary alicyclic amines) is 1. The third kappa shape index (κ3) is 3.91. The molecule has 0 N–H and O–H groups in total. The predicted octanol–water partition coefficient (Wildman–Crippen LogP) is 2.42. The number of aryl methyl sites for hydroxylation is 1. The van der Waals surface area contributed by atoms with Gasteiger partial charge in [-0.1, -0.05) is 29.8 Å². The second-order valence-electron chi connectivity index (χ2n) is 7.80. The number of nitrogens with zero attached hydrogens (tertiary/aromatic N) is 6. The van der Waals surface area contributed by atoms with Crippen LogP contribution < -0.4 is 4.74 Å². The molecule has 3 aromatic rings. The standard InChI is InChI=1S/C22H26N6O2/c1-15-5-7-16(8-6-15)21-24-20(22(29)27-12-11-18(27)14-26(2)3)25-28(21)17-9-10-19(30-4)23-13-17/h5-10,13,18H,11-12,14H2,1-4H3. The zero-order chi connectivity index (χ0) is 21.3. The quantitative estimate of drug-likeness (QED) is 0.626. The van der Waals surface area contributed by atoms with Crippen LogP contribution in [0.15, 0.2) is 42.6 Å². The first-order valence-corrected chi connectivity index (χ1v) is 9.96. The highest BCUT2D eigenvalue weighted by Gasteiger charge is 2.35. The van der Waals surface area contributed by atoms with Crippen LogP contribution in [0.3, 0.4) is 0 Å². The summed E-state index contributed by atoms with van der Waals surface area (Å²) in [7, 11) is 5.60. The fourth-order valence-corrected chi connectivity index (χ4v) is 3.54. The van der Waals surface area contributed by atoms with Crippen LogP contribution in [-0.2, 0) is 0 Å². The predicted molar refractivity (Wildman–Crippen MR) is 114 cm³/mol. The molecule has 0 saturated carbocycles. The van der Waals surface area contributed by atoms with Gasteiger partial charge in [-0.05, 0) is 33.5 Å². The normalized spacial score (nSPS) is 15.9. The minimum Gasteiger partial charge on any atom is -0.481 e. The van der Waals surface area contributed by atoms with Gasteiger partial charge in [-0.25, -0.2) is 14.6 Å². The van der Waals surface area contributed by atoms with E-state index in [2.05, 4.69) is 20.0 Å². The summed E-state index contributed by atoms with van der Waals surface area (Å²) in [5, 5.41) is 4.57. The molecule has 8 nitrogen and oxygen atoms in total. The number of benzene rings is 1. The molecule has 1 fully saturated rings. The van der Waals surface area contributed by atoms with Crippen molar-refractivity contribution in [3.8, 4) is 23.0 Å². The van der Waals surface area contributed by atoms with Gasteiger partial charge in [0.25, 0.3) is 5.91 Å². The van der Waals surface area contributed by atoms with Gasteiger partial charge >= 0.3 is 0 Å². The van der Waals surface area contributed by atoms with Crippen LogP contribution in [0.2, 0.25) is 0 Å². The maximum atomic E-state index is 13.1. The Bertz CT molecular complexity index is 1030. The molecule has 0 aliphatic carbocycles. The van der Waals surface area contributed by atoms with Crippen LogP contribution in [0.5, 0.6) is 5.88 Å². The lowest BCUT2D eigenvalue weighted by Crippen LogP contribution is -2.55. The third-order valence-corrected chi connectivity index (χ3v) is 5.26. The van der Waals surface area contributed by atoms with Crippen molar-refractivity contribution < 1.29 is 9.53 Å². The average molecular weight is 406 g/mol. The molecule has 1 unspecified atom stereocenters. The van der Waals surface area contributed by atoms with E-state index < -0.39 is 0 Å². The summed E-state index contributed by atoms with van der Waals surface area (Å²) in [6.07, 6.45) is 2.66. The number of aromatic nitrogens is 4. The van der Waals surface area contributed by atoms with E-state index in [0.29, 0.717) is 17.4 Å². The van der Waals surface area contributed by atoms with E-state index in [1.807, 2.05) is 56.3 Å². The van der Waals surface area contributed by atoms with E-state index in [0.717, 1.165) is 30.6 Å². The Morgan fingerprint density at radius 3 is 2.53 bits per heavy atom. The lowest BCUT2D eigenvalue weighted by Gasteiger charge is -2.41. The maximum absolute atomic E-state index is 13.1. The Morgan fingerprint density at radius 2 is 1.97 bits per heavy atom. The molecule has 1 aliphatic heterocycles. The monoisotopic (exact) mass is 406 g/mol. The SMILES string of the molecule is COc1ccc(-n2nc(C(=O)N3CCC3CN(C)C)nc2-c2ccc(C)cc2)cn1.